The van der Waals surface area contributed by atoms with Gasteiger partial charge in [0.25, 0.3) is 0 Å². The van der Waals surface area contributed by atoms with Crippen molar-refractivity contribution >= 4 is 0 Å². The zero-order valence-electron chi connectivity index (χ0n) is 21.1. The predicted octanol–water partition coefficient (Wildman–Crippen LogP) is 8.68. The molecule has 2 nitrogen and oxygen atoms in total. The fourth-order valence-electron chi connectivity index (χ4n) is 4.13. The average Bonchev–Trinajstić information content (AvgIpc) is 2.72. The van der Waals surface area contributed by atoms with Crippen molar-refractivity contribution in [2.24, 2.45) is 11.3 Å². The Balaban J connectivity index is 0. The van der Waals surface area contributed by atoms with Gasteiger partial charge >= 0.3 is 0 Å². The molecule has 0 bridgehead atoms. The molecule has 2 heteroatoms. The fraction of sp³-hybridized carbons (Fsp3) is 1.00. The third kappa shape index (κ3) is 22.4. The minimum Gasteiger partial charge on any atom is -0.396 e. The Kier molecular flexibility index (Phi) is 26.0. The zero-order chi connectivity index (χ0) is 22.2. The molecule has 0 radical (unpaired) electrons. The van der Waals surface area contributed by atoms with Crippen LogP contribution in [0.2, 0.25) is 0 Å². The van der Waals surface area contributed by atoms with Gasteiger partial charge in [0.2, 0.25) is 0 Å². The second-order valence-electron chi connectivity index (χ2n) is 9.63. The van der Waals surface area contributed by atoms with Crippen LogP contribution < -0.4 is 0 Å². The second-order valence-corrected chi connectivity index (χ2v) is 9.63. The Morgan fingerprint density at radius 1 is 0.552 bits per heavy atom. The first-order valence-corrected chi connectivity index (χ1v) is 13.2. The van der Waals surface area contributed by atoms with Crippen LogP contribution in [0.25, 0.3) is 0 Å². The molecule has 29 heavy (non-hydrogen) atoms. The van der Waals surface area contributed by atoms with Gasteiger partial charge in [-0.15, -0.1) is 0 Å². The maximum Gasteiger partial charge on any atom is 0.0431 e. The second kappa shape index (κ2) is 24.2. The molecular weight excluding hydrogens is 356 g/mol. The summed E-state index contributed by atoms with van der Waals surface area (Å²) in [5.41, 5.74) is 0.560. The lowest BCUT2D eigenvalue weighted by atomic mass is 9.73. The van der Waals surface area contributed by atoms with Crippen molar-refractivity contribution in [1.29, 1.82) is 0 Å². The Labute approximate surface area is 185 Å². The van der Waals surface area contributed by atoms with Crippen molar-refractivity contribution in [3.05, 3.63) is 0 Å². The van der Waals surface area contributed by atoms with Gasteiger partial charge in [-0.2, -0.15) is 0 Å². The van der Waals surface area contributed by atoms with E-state index in [1.165, 1.54) is 103 Å². The molecule has 0 aromatic heterocycles. The highest BCUT2D eigenvalue weighted by Crippen LogP contribution is 2.35. The summed E-state index contributed by atoms with van der Waals surface area (Å²) in [7, 11) is 0. The summed E-state index contributed by atoms with van der Waals surface area (Å²) < 4.78 is 0. The van der Waals surface area contributed by atoms with Crippen LogP contribution in [0.5, 0.6) is 0 Å². The lowest BCUT2D eigenvalue weighted by Gasteiger charge is -2.32. The van der Waals surface area contributed by atoms with E-state index in [9.17, 15) is 0 Å². The summed E-state index contributed by atoms with van der Waals surface area (Å²) in [4.78, 5) is 0. The summed E-state index contributed by atoms with van der Waals surface area (Å²) in [6.07, 6.45) is 23.4. The molecule has 0 aliphatic carbocycles. The molecule has 0 aliphatic rings. The quantitative estimate of drug-likeness (QED) is 0.196. The van der Waals surface area contributed by atoms with Gasteiger partial charge in [0.05, 0.1) is 0 Å². The summed E-state index contributed by atoms with van der Waals surface area (Å²) >= 11 is 0. The smallest absolute Gasteiger partial charge is 0.0431 e. The Morgan fingerprint density at radius 3 is 1.07 bits per heavy atom. The number of rotatable bonds is 20. The standard InChI is InChI=1S/C16H34O2.C11H24/c17-15-13-11-9-7-5-3-1-2-4-6-8-10-12-14-16-18;1-6-9-10(7-2)11(4,5)8-3/h17-18H,1-16H2;10H,6-9H2,1-5H3. The molecule has 2 N–H and O–H groups in total. The third-order valence-corrected chi connectivity index (χ3v) is 6.71. The number of hydrogen-bond donors (Lipinski definition) is 2. The van der Waals surface area contributed by atoms with Crippen molar-refractivity contribution in [1.82, 2.24) is 0 Å². The van der Waals surface area contributed by atoms with Crippen molar-refractivity contribution in [2.75, 3.05) is 13.2 Å². The Morgan fingerprint density at radius 2 is 0.862 bits per heavy atom. The molecule has 1 atom stereocenters. The summed E-state index contributed by atoms with van der Waals surface area (Å²) in [6.45, 7) is 12.4. The lowest BCUT2D eigenvalue weighted by Crippen LogP contribution is -2.22. The monoisotopic (exact) mass is 414 g/mol. The number of aliphatic hydroxyl groups excluding tert-OH is 2. The van der Waals surface area contributed by atoms with E-state index in [1.54, 1.807) is 0 Å². The van der Waals surface area contributed by atoms with Crippen molar-refractivity contribution in [2.45, 2.75) is 150 Å². The van der Waals surface area contributed by atoms with E-state index in [0.717, 1.165) is 18.8 Å². The number of aliphatic hydroxyl groups is 2. The summed E-state index contributed by atoms with van der Waals surface area (Å²) in [5, 5.41) is 17.3. The van der Waals surface area contributed by atoms with E-state index >= 15 is 0 Å². The van der Waals surface area contributed by atoms with E-state index in [4.69, 9.17) is 10.2 Å². The topological polar surface area (TPSA) is 40.5 Å². The van der Waals surface area contributed by atoms with Gasteiger partial charge in [-0.25, -0.2) is 0 Å². The largest absolute Gasteiger partial charge is 0.396 e. The van der Waals surface area contributed by atoms with Crippen LogP contribution in [0.15, 0.2) is 0 Å². The third-order valence-electron chi connectivity index (χ3n) is 6.71. The van der Waals surface area contributed by atoms with Gasteiger partial charge in [0.15, 0.2) is 0 Å². The maximum absolute atomic E-state index is 8.65. The van der Waals surface area contributed by atoms with Crippen molar-refractivity contribution in [3.8, 4) is 0 Å². The molecule has 0 saturated carbocycles. The van der Waals surface area contributed by atoms with Gasteiger partial charge in [-0.3, -0.25) is 0 Å². The van der Waals surface area contributed by atoms with E-state index in [2.05, 4.69) is 34.6 Å². The molecule has 0 saturated heterocycles. The van der Waals surface area contributed by atoms with Gasteiger partial charge in [0.1, 0.15) is 0 Å². The number of hydrogen-bond acceptors (Lipinski definition) is 2. The predicted molar refractivity (Wildman–Crippen MR) is 132 cm³/mol. The van der Waals surface area contributed by atoms with E-state index < -0.39 is 0 Å². The highest BCUT2D eigenvalue weighted by Gasteiger charge is 2.24. The van der Waals surface area contributed by atoms with Crippen LogP contribution in [0.1, 0.15) is 150 Å². The number of unbranched alkanes of at least 4 members (excludes halogenated alkanes) is 13. The van der Waals surface area contributed by atoms with E-state index in [0.29, 0.717) is 18.6 Å². The molecule has 178 valence electrons. The van der Waals surface area contributed by atoms with Crippen LogP contribution in [-0.4, -0.2) is 23.4 Å². The zero-order valence-corrected chi connectivity index (χ0v) is 21.1. The molecule has 0 heterocycles. The van der Waals surface area contributed by atoms with Gasteiger partial charge < -0.3 is 10.2 Å². The summed E-state index contributed by atoms with van der Waals surface area (Å²) in [6, 6.07) is 0. The molecule has 1 unspecified atom stereocenters. The Hall–Kier alpha value is -0.0800. The minimum absolute atomic E-state index is 0.359. The lowest BCUT2D eigenvalue weighted by molar-refractivity contribution is 0.184. The maximum atomic E-state index is 8.65. The molecule has 0 fully saturated rings. The molecule has 0 spiro atoms. The Bertz CT molecular complexity index is 272. The molecule has 0 rings (SSSR count). The SMILES string of the molecule is CCCC(CC)C(C)(C)CC.OCCCCCCCCCCCCCCCCO. The first-order chi connectivity index (χ1) is 14.0. The van der Waals surface area contributed by atoms with Crippen molar-refractivity contribution in [3.63, 3.8) is 0 Å². The molecular formula is C27H58O2. The highest BCUT2D eigenvalue weighted by atomic mass is 16.3. The fourth-order valence-corrected chi connectivity index (χ4v) is 4.13. The molecule has 0 amide bonds. The highest BCUT2D eigenvalue weighted by molar-refractivity contribution is 4.75. The summed E-state index contributed by atoms with van der Waals surface area (Å²) in [5.74, 6) is 0.928. The van der Waals surface area contributed by atoms with E-state index in [1.807, 2.05) is 0 Å². The van der Waals surface area contributed by atoms with Gasteiger partial charge in [-0.05, 0) is 24.2 Å². The van der Waals surface area contributed by atoms with Crippen LogP contribution in [0, 0.1) is 11.3 Å². The first kappa shape index (κ1) is 31.1. The minimum atomic E-state index is 0.359. The van der Waals surface area contributed by atoms with Crippen LogP contribution in [0.4, 0.5) is 0 Å². The van der Waals surface area contributed by atoms with Crippen LogP contribution >= 0.6 is 0 Å². The average molecular weight is 415 g/mol. The molecule has 0 aliphatic heterocycles. The van der Waals surface area contributed by atoms with Crippen molar-refractivity contribution < 1.29 is 10.2 Å². The van der Waals surface area contributed by atoms with Gasteiger partial charge in [-0.1, -0.05) is 137 Å². The normalized spacial score (nSPS) is 12.5. The van der Waals surface area contributed by atoms with Crippen LogP contribution in [0.3, 0.4) is 0 Å². The molecule has 0 aromatic carbocycles. The van der Waals surface area contributed by atoms with Crippen LogP contribution in [-0.2, 0) is 0 Å². The first-order valence-electron chi connectivity index (χ1n) is 13.2. The molecule has 0 aromatic rings. The van der Waals surface area contributed by atoms with Gasteiger partial charge in [0, 0.05) is 13.2 Å². The van der Waals surface area contributed by atoms with E-state index in [-0.39, 0.29) is 0 Å².